The number of benzene rings is 2. The van der Waals surface area contributed by atoms with Crippen molar-refractivity contribution >= 4 is 11.6 Å². The maximum Gasteiger partial charge on any atom is 0.266 e. The van der Waals surface area contributed by atoms with Gasteiger partial charge in [0.25, 0.3) is 17.9 Å². The van der Waals surface area contributed by atoms with Gasteiger partial charge in [-0.05, 0) is 63.7 Å². The minimum Gasteiger partial charge on any atom is -0.381 e. The topological polar surface area (TPSA) is 66.4 Å². The van der Waals surface area contributed by atoms with E-state index in [9.17, 15) is 22.8 Å². The molecule has 1 aromatic heterocycles. The fourth-order valence-electron chi connectivity index (χ4n) is 4.61. The van der Waals surface area contributed by atoms with Gasteiger partial charge < -0.3 is 20.1 Å². The van der Waals surface area contributed by atoms with E-state index in [4.69, 9.17) is 0 Å². The van der Waals surface area contributed by atoms with Crippen molar-refractivity contribution in [3.05, 3.63) is 87.3 Å². The summed E-state index contributed by atoms with van der Waals surface area (Å²) in [6.45, 7) is 3.16. The van der Waals surface area contributed by atoms with Crippen LogP contribution in [0.4, 0.5) is 23.2 Å². The first-order valence-electron chi connectivity index (χ1n) is 12.4. The quantitative estimate of drug-likeness (QED) is 0.409. The third kappa shape index (κ3) is 5.91. The molecule has 2 aromatic carbocycles. The third-order valence-electron chi connectivity index (χ3n) is 6.95. The highest BCUT2D eigenvalue weighted by atomic mass is 19.3. The average Bonchev–Trinajstić information content (AvgIpc) is 2.87. The zero-order valence-electron chi connectivity index (χ0n) is 21.4. The number of amides is 1. The van der Waals surface area contributed by atoms with Crippen LogP contribution in [0.1, 0.15) is 53.7 Å². The first-order chi connectivity index (χ1) is 18.0. The monoisotopic (exact) mass is 530 g/mol. The molecular formula is C28H30F4N4O2. The fraction of sp³-hybridized carbons (Fsp3) is 0.357. The first-order valence-corrected chi connectivity index (χ1v) is 12.4. The van der Waals surface area contributed by atoms with Gasteiger partial charge in [-0.15, -0.1) is 0 Å². The Kier molecular flexibility index (Phi) is 8.20. The van der Waals surface area contributed by atoms with Crippen LogP contribution >= 0.6 is 0 Å². The second-order valence-corrected chi connectivity index (χ2v) is 9.71. The van der Waals surface area contributed by atoms with Crippen molar-refractivity contribution in [3.63, 3.8) is 0 Å². The lowest BCUT2D eigenvalue weighted by Crippen LogP contribution is -2.37. The second-order valence-electron chi connectivity index (χ2n) is 9.71. The lowest BCUT2D eigenvalue weighted by molar-refractivity contribution is 0.0940. The summed E-state index contributed by atoms with van der Waals surface area (Å²) in [4.78, 5) is 27.8. The van der Waals surface area contributed by atoms with Crippen LogP contribution in [0.2, 0.25) is 0 Å². The molecule has 6 nitrogen and oxygen atoms in total. The number of aryl methyl sites for hydroxylation is 1. The molecule has 0 spiro atoms. The summed E-state index contributed by atoms with van der Waals surface area (Å²) in [5.41, 5.74) is -0.466. The third-order valence-corrected chi connectivity index (χ3v) is 6.95. The number of hydrogen-bond acceptors (Lipinski definition) is 4. The van der Waals surface area contributed by atoms with E-state index in [1.54, 1.807) is 13.1 Å². The summed E-state index contributed by atoms with van der Waals surface area (Å²) in [5, 5.41) is 5.94. The predicted molar refractivity (Wildman–Crippen MR) is 138 cm³/mol. The number of piperidine rings is 1. The van der Waals surface area contributed by atoms with E-state index in [0.717, 1.165) is 32.0 Å². The van der Waals surface area contributed by atoms with Gasteiger partial charge in [-0.1, -0.05) is 18.2 Å². The van der Waals surface area contributed by atoms with Crippen LogP contribution in [0.25, 0.3) is 11.1 Å². The molecule has 0 unspecified atom stereocenters. The standard InChI is InChI=1S/C28H30F4N4O2/c1-16(19-5-4-6-20(26(19)30)27(31)32)33-28(38)22-14-21(17-7-12-36(3)25(37)13-17)23(29)15-24(22)34-18-8-10-35(2)11-9-18/h4-7,12-16,18,27,34H,8-11H2,1-3H3,(H,33,38)/t16-/m1/s1. The number of aromatic nitrogens is 1. The maximum absolute atomic E-state index is 15.3. The lowest BCUT2D eigenvalue weighted by atomic mass is 9.98. The largest absolute Gasteiger partial charge is 0.381 e. The Labute approximate surface area is 218 Å². The first kappa shape index (κ1) is 27.4. The van der Waals surface area contributed by atoms with Gasteiger partial charge in [0.05, 0.1) is 22.9 Å². The molecule has 1 aliphatic rings. The molecular weight excluding hydrogens is 500 g/mol. The summed E-state index contributed by atoms with van der Waals surface area (Å²) in [6.07, 6.45) is 0.0824. The zero-order chi connectivity index (χ0) is 27.6. The summed E-state index contributed by atoms with van der Waals surface area (Å²) in [5.74, 6) is -2.34. The van der Waals surface area contributed by atoms with E-state index in [0.29, 0.717) is 5.56 Å². The average molecular weight is 531 g/mol. The SMILES string of the molecule is C[C@@H](NC(=O)c1cc(-c2ccn(C)c(=O)c2)c(F)cc1NC1CCN(C)CC1)c1cccc(C(F)F)c1F. The zero-order valence-corrected chi connectivity index (χ0v) is 21.4. The lowest BCUT2D eigenvalue weighted by Gasteiger charge is -2.31. The number of halogens is 4. The molecule has 1 atom stereocenters. The van der Waals surface area contributed by atoms with Crippen LogP contribution in [0.5, 0.6) is 0 Å². The van der Waals surface area contributed by atoms with Crippen LogP contribution in [-0.2, 0) is 7.05 Å². The molecule has 1 fully saturated rings. The van der Waals surface area contributed by atoms with E-state index in [2.05, 4.69) is 15.5 Å². The Morgan fingerprint density at radius 3 is 2.37 bits per heavy atom. The molecule has 0 aliphatic carbocycles. The highest BCUT2D eigenvalue weighted by Gasteiger charge is 2.25. The Morgan fingerprint density at radius 2 is 1.71 bits per heavy atom. The molecule has 1 amide bonds. The van der Waals surface area contributed by atoms with E-state index in [1.807, 2.05) is 7.05 Å². The van der Waals surface area contributed by atoms with Gasteiger partial charge in [0.1, 0.15) is 11.6 Å². The highest BCUT2D eigenvalue weighted by Crippen LogP contribution is 2.31. The molecule has 10 heteroatoms. The summed E-state index contributed by atoms with van der Waals surface area (Å²) < 4.78 is 57.8. The van der Waals surface area contributed by atoms with Gasteiger partial charge >= 0.3 is 0 Å². The number of alkyl halides is 2. The molecule has 3 aromatic rings. The van der Waals surface area contributed by atoms with Gasteiger partial charge in [0.15, 0.2) is 0 Å². The summed E-state index contributed by atoms with van der Waals surface area (Å²) >= 11 is 0. The van der Waals surface area contributed by atoms with Crippen molar-refractivity contribution in [1.29, 1.82) is 0 Å². The normalized spacial score (nSPS) is 15.5. The molecule has 4 rings (SSSR count). The molecule has 0 saturated carbocycles. The van der Waals surface area contributed by atoms with Crippen molar-refractivity contribution in [3.8, 4) is 11.1 Å². The van der Waals surface area contributed by atoms with Crippen molar-refractivity contribution in [2.45, 2.75) is 38.3 Å². The number of likely N-dealkylation sites (tertiary alicyclic amines) is 1. The molecule has 38 heavy (non-hydrogen) atoms. The summed E-state index contributed by atoms with van der Waals surface area (Å²) in [6, 6.07) is 8.12. The van der Waals surface area contributed by atoms with Crippen molar-refractivity contribution in [2.75, 3.05) is 25.5 Å². The van der Waals surface area contributed by atoms with Crippen LogP contribution in [0, 0.1) is 11.6 Å². The van der Waals surface area contributed by atoms with Crippen molar-refractivity contribution in [1.82, 2.24) is 14.8 Å². The van der Waals surface area contributed by atoms with Crippen LogP contribution in [-0.4, -0.2) is 41.6 Å². The van der Waals surface area contributed by atoms with E-state index in [1.165, 1.54) is 48.0 Å². The molecule has 1 aliphatic heterocycles. The van der Waals surface area contributed by atoms with E-state index >= 15 is 4.39 Å². The minimum atomic E-state index is -3.00. The molecule has 2 N–H and O–H groups in total. The molecule has 202 valence electrons. The number of nitrogens with zero attached hydrogens (tertiary/aromatic N) is 2. The van der Waals surface area contributed by atoms with E-state index < -0.39 is 35.6 Å². The predicted octanol–water partition coefficient (Wildman–Crippen LogP) is 5.27. The van der Waals surface area contributed by atoms with Gasteiger partial charge in [0.2, 0.25) is 0 Å². The molecule has 2 heterocycles. The number of pyridine rings is 1. The molecule has 0 radical (unpaired) electrons. The van der Waals surface area contributed by atoms with Crippen LogP contribution in [0.3, 0.4) is 0 Å². The number of anilines is 1. The Morgan fingerprint density at radius 1 is 1.03 bits per heavy atom. The highest BCUT2D eigenvalue weighted by molar-refractivity contribution is 6.01. The second kappa shape index (κ2) is 11.4. The van der Waals surface area contributed by atoms with Crippen molar-refractivity contribution in [2.24, 2.45) is 7.05 Å². The van der Waals surface area contributed by atoms with Crippen LogP contribution < -0.4 is 16.2 Å². The Hall–Kier alpha value is -3.66. The molecule has 1 saturated heterocycles. The van der Waals surface area contributed by atoms with Gasteiger partial charge in [-0.3, -0.25) is 9.59 Å². The van der Waals surface area contributed by atoms with Gasteiger partial charge in [-0.25, -0.2) is 17.6 Å². The smallest absolute Gasteiger partial charge is 0.266 e. The number of carbonyl (C=O) groups excluding carboxylic acids is 1. The Bertz CT molecular complexity index is 1380. The van der Waals surface area contributed by atoms with Gasteiger partial charge in [-0.2, -0.15) is 0 Å². The Balaban J connectivity index is 1.70. The minimum absolute atomic E-state index is 0.00427. The number of hydrogen-bond donors (Lipinski definition) is 2. The van der Waals surface area contributed by atoms with Gasteiger partial charge in [0, 0.05) is 36.5 Å². The van der Waals surface area contributed by atoms with Crippen LogP contribution in [0.15, 0.2) is 53.5 Å². The number of nitrogens with one attached hydrogen (secondary N) is 2. The number of carbonyl (C=O) groups is 1. The molecule has 0 bridgehead atoms. The fourth-order valence-corrected chi connectivity index (χ4v) is 4.61. The number of rotatable bonds is 7. The van der Waals surface area contributed by atoms with Crippen molar-refractivity contribution < 1.29 is 22.4 Å². The van der Waals surface area contributed by atoms with E-state index in [-0.39, 0.29) is 34.0 Å². The summed E-state index contributed by atoms with van der Waals surface area (Å²) in [7, 11) is 3.58. The maximum atomic E-state index is 15.3.